The number of nitrogens with zero attached hydrogens (tertiary/aromatic N) is 2. The van der Waals surface area contributed by atoms with E-state index in [-0.39, 0.29) is 6.04 Å². The van der Waals surface area contributed by atoms with Gasteiger partial charge in [-0.2, -0.15) is 0 Å². The molecule has 0 amide bonds. The monoisotopic (exact) mass is 197 g/mol. The van der Waals surface area contributed by atoms with E-state index in [1.54, 1.807) is 11.3 Å². The highest BCUT2D eigenvalue weighted by Gasteiger charge is 2.30. The summed E-state index contributed by atoms with van der Waals surface area (Å²) < 4.78 is 0. The van der Waals surface area contributed by atoms with E-state index in [4.69, 9.17) is 5.73 Å². The van der Waals surface area contributed by atoms with Gasteiger partial charge in [0.15, 0.2) is 5.13 Å². The Hall–Kier alpha value is -0.610. The molecule has 13 heavy (non-hydrogen) atoms. The number of hydrogen-bond acceptors (Lipinski definition) is 4. The predicted octanol–water partition coefficient (Wildman–Crippen LogP) is 1.46. The summed E-state index contributed by atoms with van der Waals surface area (Å²) in [5, 5.41) is 3.14. The van der Waals surface area contributed by atoms with Crippen molar-refractivity contribution in [3.8, 4) is 0 Å². The summed E-state index contributed by atoms with van der Waals surface area (Å²) in [5.74, 6) is 0. The van der Waals surface area contributed by atoms with Crippen LogP contribution in [-0.4, -0.2) is 23.6 Å². The highest BCUT2D eigenvalue weighted by atomic mass is 32.1. The summed E-state index contributed by atoms with van der Waals surface area (Å²) in [5.41, 5.74) is 5.80. The van der Waals surface area contributed by atoms with Crippen molar-refractivity contribution in [3.63, 3.8) is 0 Å². The van der Waals surface area contributed by atoms with Crippen LogP contribution in [0, 0.1) is 0 Å². The van der Waals surface area contributed by atoms with E-state index in [1.165, 1.54) is 12.8 Å². The molecule has 0 aromatic carbocycles. The van der Waals surface area contributed by atoms with Crippen LogP contribution in [-0.2, 0) is 0 Å². The topological polar surface area (TPSA) is 42.1 Å². The second-order valence-electron chi connectivity index (χ2n) is 3.68. The standard InChI is InChI=1S/C9H15N3S/c1-7(10)6-12(8-2-3-8)9-11-4-5-13-9/h4-5,7-8H,2-3,6,10H2,1H3. The molecule has 0 spiro atoms. The van der Waals surface area contributed by atoms with Gasteiger partial charge in [0, 0.05) is 30.2 Å². The van der Waals surface area contributed by atoms with E-state index in [0.29, 0.717) is 6.04 Å². The SMILES string of the molecule is CC(N)CN(c1nccs1)C1CC1. The number of aromatic nitrogens is 1. The van der Waals surface area contributed by atoms with Crippen LogP contribution >= 0.6 is 11.3 Å². The van der Waals surface area contributed by atoms with Gasteiger partial charge in [-0.3, -0.25) is 0 Å². The molecule has 1 aromatic rings. The third kappa shape index (κ3) is 2.19. The lowest BCUT2D eigenvalue weighted by Gasteiger charge is -2.23. The Labute approximate surface area is 82.6 Å². The average Bonchev–Trinajstić information content (AvgIpc) is 2.77. The predicted molar refractivity (Wildman–Crippen MR) is 56.1 cm³/mol. The van der Waals surface area contributed by atoms with E-state index in [1.807, 2.05) is 18.5 Å². The molecule has 1 aliphatic rings. The number of rotatable bonds is 4. The van der Waals surface area contributed by atoms with Gasteiger partial charge in [-0.25, -0.2) is 4.98 Å². The smallest absolute Gasteiger partial charge is 0.185 e. The van der Waals surface area contributed by atoms with Crippen molar-refractivity contribution in [1.29, 1.82) is 0 Å². The lowest BCUT2D eigenvalue weighted by molar-refractivity contribution is 0.672. The van der Waals surface area contributed by atoms with Crippen molar-refractivity contribution in [2.45, 2.75) is 31.8 Å². The highest BCUT2D eigenvalue weighted by Crippen LogP contribution is 2.32. The third-order valence-corrected chi connectivity index (χ3v) is 2.95. The van der Waals surface area contributed by atoms with Gasteiger partial charge in [0.2, 0.25) is 0 Å². The van der Waals surface area contributed by atoms with Gasteiger partial charge < -0.3 is 10.6 Å². The minimum absolute atomic E-state index is 0.226. The maximum atomic E-state index is 5.80. The van der Waals surface area contributed by atoms with E-state index < -0.39 is 0 Å². The second-order valence-corrected chi connectivity index (χ2v) is 4.55. The lowest BCUT2D eigenvalue weighted by atomic mass is 10.3. The Morgan fingerprint density at radius 3 is 3.00 bits per heavy atom. The summed E-state index contributed by atoms with van der Waals surface area (Å²) in [6.45, 7) is 2.97. The normalized spacial score (nSPS) is 18.6. The Balaban J connectivity index is 2.05. The van der Waals surface area contributed by atoms with Gasteiger partial charge in [0.05, 0.1) is 0 Å². The van der Waals surface area contributed by atoms with Crippen molar-refractivity contribution >= 4 is 16.5 Å². The number of anilines is 1. The molecule has 1 heterocycles. The first-order chi connectivity index (χ1) is 6.27. The largest absolute Gasteiger partial charge is 0.344 e. The minimum atomic E-state index is 0.226. The van der Waals surface area contributed by atoms with E-state index in [0.717, 1.165) is 11.7 Å². The molecule has 1 fully saturated rings. The van der Waals surface area contributed by atoms with Gasteiger partial charge in [-0.15, -0.1) is 11.3 Å². The van der Waals surface area contributed by atoms with Gasteiger partial charge in [0.1, 0.15) is 0 Å². The summed E-state index contributed by atoms with van der Waals surface area (Å²) in [6.07, 6.45) is 4.45. The zero-order chi connectivity index (χ0) is 9.26. The maximum Gasteiger partial charge on any atom is 0.185 e. The Bertz CT molecular complexity index is 254. The van der Waals surface area contributed by atoms with Gasteiger partial charge in [-0.05, 0) is 19.8 Å². The molecule has 0 aliphatic heterocycles. The van der Waals surface area contributed by atoms with Crippen LogP contribution in [0.5, 0.6) is 0 Å². The number of hydrogen-bond donors (Lipinski definition) is 1. The minimum Gasteiger partial charge on any atom is -0.344 e. The van der Waals surface area contributed by atoms with Crippen LogP contribution in [0.25, 0.3) is 0 Å². The molecule has 2 N–H and O–H groups in total. The summed E-state index contributed by atoms with van der Waals surface area (Å²) in [7, 11) is 0. The molecule has 3 nitrogen and oxygen atoms in total. The highest BCUT2D eigenvalue weighted by molar-refractivity contribution is 7.13. The van der Waals surface area contributed by atoms with Gasteiger partial charge >= 0.3 is 0 Å². The maximum absolute atomic E-state index is 5.80. The molecule has 72 valence electrons. The summed E-state index contributed by atoms with van der Waals surface area (Å²) >= 11 is 1.70. The van der Waals surface area contributed by atoms with Crippen molar-refractivity contribution in [2.75, 3.05) is 11.4 Å². The van der Waals surface area contributed by atoms with Crippen molar-refractivity contribution in [3.05, 3.63) is 11.6 Å². The van der Waals surface area contributed by atoms with Crippen molar-refractivity contribution in [1.82, 2.24) is 4.98 Å². The molecule has 0 saturated heterocycles. The molecule has 1 unspecified atom stereocenters. The zero-order valence-corrected chi connectivity index (χ0v) is 8.63. The first kappa shape index (κ1) is 8.97. The fraction of sp³-hybridized carbons (Fsp3) is 0.667. The fourth-order valence-corrected chi connectivity index (χ4v) is 2.16. The van der Waals surface area contributed by atoms with Crippen LogP contribution in [0.2, 0.25) is 0 Å². The van der Waals surface area contributed by atoms with Gasteiger partial charge in [0.25, 0.3) is 0 Å². The molecule has 0 radical (unpaired) electrons. The molecule has 0 bridgehead atoms. The zero-order valence-electron chi connectivity index (χ0n) is 7.81. The quantitative estimate of drug-likeness (QED) is 0.794. The molecule has 2 rings (SSSR count). The van der Waals surface area contributed by atoms with Crippen LogP contribution in [0.4, 0.5) is 5.13 Å². The summed E-state index contributed by atoms with van der Waals surface area (Å²) in [6, 6.07) is 0.932. The molecule has 1 atom stereocenters. The molecule has 1 aliphatic carbocycles. The number of nitrogens with two attached hydrogens (primary N) is 1. The van der Waals surface area contributed by atoms with Gasteiger partial charge in [-0.1, -0.05) is 0 Å². The van der Waals surface area contributed by atoms with Crippen molar-refractivity contribution in [2.24, 2.45) is 5.73 Å². The Morgan fingerprint density at radius 1 is 1.77 bits per heavy atom. The molecular formula is C9H15N3S. The number of thiazole rings is 1. The molecule has 1 aromatic heterocycles. The van der Waals surface area contributed by atoms with E-state index >= 15 is 0 Å². The van der Waals surface area contributed by atoms with Crippen LogP contribution in [0.3, 0.4) is 0 Å². The van der Waals surface area contributed by atoms with Crippen LogP contribution in [0.15, 0.2) is 11.6 Å². The summed E-state index contributed by atoms with van der Waals surface area (Å²) in [4.78, 5) is 6.66. The average molecular weight is 197 g/mol. The van der Waals surface area contributed by atoms with E-state index in [2.05, 4.69) is 9.88 Å². The van der Waals surface area contributed by atoms with E-state index in [9.17, 15) is 0 Å². The molecule has 1 saturated carbocycles. The third-order valence-electron chi connectivity index (χ3n) is 2.14. The second kappa shape index (κ2) is 3.64. The molecular weight excluding hydrogens is 182 g/mol. The first-order valence-corrected chi connectivity index (χ1v) is 5.57. The fourth-order valence-electron chi connectivity index (χ4n) is 1.44. The lowest BCUT2D eigenvalue weighted by Crippen LogP contribution is -2.37. The van der Waals surface area contributed by atoms with Crippen LogP contribution < -0.4 is 10.6 Å². The van der Waals surface area contributed by atoms with Crippen LogP contribution in [0.1, 0.15) is 19.8 Å². The molecule has 4 heteroatoms. The van der Waals surface area contributed by atoms with Crippen molar-refractivity contribution < 1.29 is 0 Å². The first-order valence-electron chi connectivity index (χ1n) is 4.69. The Kier molecular flexibility index (Phi) is 2.51. The Morgan fingerprint density at radius 2 is 2.54 bits per heavy atom.